The van der Waals surface area contributed by atoms with E-state index in [1.807, 2.05) is 79.7 Å². The number of nitrogens with two attached hydrogens (primary N) is 1. The van der Waals surface area contributed by atoms with Crippen LogP contribution in [0, 0.1) is 0 Å². The first kappa shape index (κ1) is 34.2. The topological polar surface area (TPSA) is 134 Å². The minimum absolute atomic E-state index is 0.0713. The first-order chi connectivity index (χ1) is 23.7. The molecule has 0 aromatic heterocycles. The number of anilines is 3. The highest BCUT2D eigenvalue weighted by Crippen LogP contribution is 2.37. The number of carbonyl (C=O) groups excluding carboxylic acids is 4. The molecule has 0 aliphatic rings. The van der Waals surface area contributed by atoms with Crippen LogP contribution in [0.25, 0.3) is 6.08 Å². The van der Waals surface area contributed by atoms with Gasteiger partial charge in [-0.3, -0.25) is 19.2 Å². The average molecular weight is 670 g/mol. The number of benzene rings is 5. The first-order valence-corrected chi connectivity index (χ1v) is 16.2. The van der Waals surface area contributed by atoms with Gasteiger partial charge in [0.25, 0.3) is 17.7 Å². The Hall–Kier alpha value is -6.13. The second kappa shape index (κ2) is 16.1. The Bertz CT molecular complexity index is 1960. The molecule has 5 aromatic carbocycles. The second-order valence-corrected chi connectivity index (χ2v) is 12.3. The Kier molecular flexibility index (Phi) is 11.3. The second-order valence-electron chi connectivity index (χ2n) is 11.2. The molecule has 0 radical (unpaired) electrons. The van der Waals surface area contributed by atoms with Crippen molar-refractivity contribution < 1.29 is 19.2 Å². The Morgan fingerprint density at radius 3 is 1.96 bits per heavy atom. The fraction of sp³-hybridized carbons (Fsp3) is 0.0769. The monoisotopic (exact) mass is 669 g/mol. The summed E-state index contributed by atoms with van der Waals surface area (Å²) in [5, 5.41) is 7.82. The number of primary amides is 1. The molecule has 1 unspecified atom stereocenters. The van der Waals surface area contributed by atoms with Gasteiger partial charge in [0.1, 0.15) is 10.9 Å². The number of nitrogens with one attached hydrogen (secondary N) is 3. The Morgan fingerprint density at radius 1 is 0.714 bits per heavy atom. The van der Waals surface area contributed by atoms with E-state index in [0.717, 1.165) is 21.7 Å². The molecule has 0 fully saturated rings. The third-order valence-corrected chi connectivity index (χ3v) is 8.67. The third-order valence-electron chi connectivity index (χ3n) is 7.41. The lowest BCUT2D eigenvalue weighted by molar-refractivity contribution is -0.116. The maximum absolute atomic E-state index is 13.6. The molecule has 0 spiro atoms. The molecule has 5 aromatic rings. The average Bonchev–Trinajstić information content (AvgIpc) is 3.12. The molecule has 5 rings (SSSR count). The van der Waals surface area contributed by atoms with Gasteiger partial charge in [-0.2, -0.15) is 0 Å². The molecule has 0 bridgehead atoms. The van der Waals surface area contributed by atoms with E-state index in [2.05, 4.69) is 16.0 Å². The molecule has 4 amide bonds. The molecule has 0 saturated carbocycles. The highest BCUT2D eigenvalue weighted by atomic mass is 32.2. The zero-order valence-corrected chi connectivity index (χ0v) is 27.7. The molecular weight excluding hydrogens is 635 g/mol. The van der Waals surface area contributed by atoms with Crippen molar-refractivity contribution in [2.75, 3.05) is 29.6 Å². The summed E-state index contributed by atoms with van der Waals surface area (Å²) in [6.07, 6.45) is 1.62. The smallest absolute Gasteiger partial charge is 0.272 e. The van der Waals surface area contributed by atoms with E-state index in [9.17, 15) is 19.2 Å². The van der Waals surface area contributed by atoms with Gasteiger partial charge in [0.05, 0.1) is 11.3 Å². The predicted octanol–water partition coefficient (Wildman–Crippen LogP) is 6.73. The molecule has 5 N–H and O–H groups in total. The van der Waals surface area contributed by atoms with Crippen molar-refractivity contribution in [2.45, 2.75) is 10.1 Å². The summed E-state index contributed by atoms with van der Waals surface area (Å²) in [4.78, 5) is 54.8. The lowest BCUT2D eigenvalue weighted by Gasteiger charge is -2.18. The lowest BCUT2D eigenvalue weighted by Crippen LogP contribution is -2.30. The van der Waals surface area contributed by atoms with E-state index in [4.69, 9.17) is 5.73 Å². The zero-order chi connectivity index (χ0) is 34.8. The van der Waals surface area contributed by atoms with Gasteiger partial charge in [-0.15, -0.1) is 11.8 Å². The standard InChI is InChI=1S/C39H35N5O4S/c1-44(2)30-21-17-26(18-22-30)25-34(43-37(46)28-13-7-4-8-14-28)38(47)41-29-19-23-31(24-20-29)49-35(27-11-5-3-6-12-27)39(48)42-33-16-10-9-15-32(33)36(40)45/h3-25,35H,1-2H3,(H2,40,45)(H,41,47)(H,42,48)(H,43,46)/b34-25-. The van der Waals surface area contributed by atoms with Gasteiger partial charge in [0.15, 0.2) is 0 Å². The van der Waals surface area contributed by atoms with E-state index >= 15 is 0 Å². The molecule has 0 heterocycles. The summed E-state index contributed by atoms with van der Waals surface area (Å²) in [6, 6.07) is 39.2. The van der Waals surface area contributed by atoms with Gasteiger partial charge in [-0.1, -0.05) is 72.8 Å². The van der Waals surface area contributed by atoms with Crippen molar-refractivity contribution in [3.05, 3.63) is 161 Å². The summed E-state index contributed by atoms with van der Waals surface area (Å²) >= 11 is 1.32. The van der Waals surface area contributed by atoms with E-state index in [1.165, 1.54) is 11.8 Å². The van der Waals surface area contributed by atoms with Gasteiger partial charge >= 0.3 is 0 Å². The summed E-state index contributed by atoms with van der Waals surface area (Å²) in [7, 11) is 3.88. The number of rotatable bonds is 12. The molecular formula is C39H35N5O4S. The van der Waals surface area contributed by atoms with Crippen molar-refractivity contribution >= 4 is 58.5 Å². The Balaban J connectivity index is 1.34. The van der Waals surface area contributed by atoms with Crippen LogP contribution < -0.4 is 26.6 Å². The highest BCUT2D eigenvalue weighted by Gasteiger charge is 2.24. The summed E-state index contributed by atoms with van der Waals surface area (Å²) in [5.41, 5.74) is 9.55. The molecule has 49 heavy (non-hydrogen) atoms. The number of thioether (sulfide) groups is 1. The fourth-order valence-corrected chi connectivity index (χ4v) is 5.86. The normalized spacial score (nSPS) is 11.6. The van der Waals surface area contributed by atoms with Crippen molar-refractivity contribution in [1.82, 2.24) is 5.32 Å². The summed E-state index contributed by atoms with van der Waals surface area (Å²) in [6.45, 7) is 0. The number of carbonyl (C=O) groups is 4. The van der Waals surface area contributed by atoms with Crippen molar-refractivity contribution in [1.29, 1.82) is 0 Å². The Morgan fingerprint density at radius 2 is 1.33 bits per heavy atom. The van der Waals surface area contributed by atoms with E-state index in [1.54, 1.807) is 78.9 Å². The van der Waals surface area contributed by atoms with Crippen LogP contribution in [0.1, 0.15) is 37.1 Å². The van der Waals surface area contributed by atoms with Gasteiger partial charge in [0.2, 0.25) is 5.91 Å². The highest BCUT2D eigenvalue weighted by molar-refractivity contribution is 8.00. The van der Waals surface area contributed by atoms with E-state index in [-0.39, 0.29) is 17.2 Å². The lowest BCUT2D eigenvalue weighted by atomic mass is 10.1. The maximum atomic E-state index is 13.6. The molecule has 0 aliphatic heterocycles. The van der Waals surface area contributed by atoms with Crippen LogP contribution in [0.5, 0.6) is 0 Å². The SMILES string of the molecule is CN(C)c1ccc(/C=C(\NC(=O)c2ccccc2)C(=O)Nc2ccc(SC(C(=O)Nc3ccccc3C(N)=O)c3ccccc3)cc2)cc1. The van der Waals surface area contributed by atoms with Crippen LogP contribution in [0.15, 0.2) is 144 Å². The number of nitrogens with zero attached hydrogens (tertiary/aromatic N) is 1. The minimum atomic E-state index is -0.663. The van der Waals surface area contributed by atoms with Crippen LogP contribution >= 0.6 is 11.8 Å². The van der Waals surface area contributed by atoms with Crippen molar-refractivity contribution in [2.24, 2.45) is 5.73 Å². The maximum Gasteiger partial charge on any atom is 0.272 e. The summed E-state index contributed by atoms with van der Waals surface area (Å²) in [5.74, 6) is -1.89. The van der Waals surface area contributed by atoms with Crippen molar-refractivity contribution in [3.8, 4) is 0 Å². The van der Waals surface area contributed by atoms with Gasteiger partial charge in [-0.05, 0) is 77.9 Å². The number of hydrogen-bond donors (Lipinski definition) is 4. The molecule has 246 valence electrons. The molecule has 0 saturated heterocycles. The fourth-order valence-electron chi connectivity index (χ4n) is 4.84. The van der Waals surface area contributed by atoms with Crippen LogP contribution in [-0.4, -0.2) is 37.7 Å². The minimum Gasteiger partial charge on any atom is -0.378 e. The number of amides is 4. The van der Waals surface area contributed by atoms with E-state index in [0.29, 0.717) is 16.9 Å². The number of para-hydroxylation sites is 1. The van der Waals surface area contributed by atoms with E-state index < -0.39 is 23.0 Å². The summed E-state index contributed by atoms with van der Waals surface area (Å²) < 4.78 is 0. The van der Waals surface area contributed by atoms with Gasteiger partial charge < -0.3 is 26.6 Å². The van der Waals surface area contributed by atoms with Gasteiger partial charge in [0, 0.05) is 35.9 Å². The third kappa shape index (κ3) is 9.24. The van der Waals surface area contributed by atoms with Crippen LogP contribution in [0.2, 0.25) is 0 Å². The van der Waals surface area contributed by atoms with Crippen LogP contribution in [-0.2, 0) is 9.59 Å². The molecule has 0 aliphatic carbocycles. The zero-order valence-electron chi connectivity index (χ0n) is 26.9. The Labute approximate surface area is 289 Å². The van der Waals surface area contributed by atoms with Crippen LogP contribution in [0.3, 0.4) is 0 Å². The molecule has 1 atom stereocenters. The first-order valence-electron chi connectivity index (χ1n) is 15.4. The molecule has 9 nitrogen and oxygen atoms in total. The number of hydrogen-bond acceptors (Lipinski definition) is 6. The van der Waals surface area contributed by atoms with Crippen LogP contribution in [0.4, 0.5) is 17.1 Å². The van der Waals surface area contributed by atoms with Gasteiger partial charge in [-0.25, -0.2) is 0 Å². The predicted molar refractivity (Wildman–Crippen MR) is 196 cm³/mol. The largest absolute Gasteiger partial charge is 0.378 e. The molecule has 10 heteroatoms. The quantitative estimate of drug-likeness (QED) is 0.0860. The van der Waals surface area contributed by atoms with Crippen molar-refractivity contribution in [3.63, 3.8) is 0 Å².